The molecular weight excluding hydrogens is 228 g/mol. The van der Waals surface area contributed by atoms with E-state index < -0.39 is 0 Å². The fourth-order valence-electron chi connectivity index (χ4n) is 2.88. The van der Waals surface area contributed by atoms with Crippen LogP contribution >= 0.6 is 0 Å². The Balaban J connectivity index is 1.64. The Morgan fingerprint density at radius 3 is 2.78 bits per heavy atom. The standard InChI is InChI=1S/C14H26N2O2/c1-11-7-8-15-9-13(11)18-10-14(17)16-12-5-3-2-4-6-12/h11-13,15H,2-10H2,1H3,(H,16,17). The van der Waals surface area contributed by atoms with E-state index in [9.17, 15) is 4.79 Å². The monoisotopic (exact) mass is 254 g/mol. The summed E-state index contributed by atoms with van der Waals surface area (Å²) < 4.78 is 5.72. The molecule has 2 unspecified atom stereocenters. The third-order valence-electron chi connectivity index (χ3n) is 4.16. The predicted molar refractivity (Wildman–Crippen MR) is 71.4 cm³/mol. The number of amides is 1. The highest BCUT2D eigenvalue weighted by Gasteiger charge is 2.23. The van der Waals surface area contributed by atoms with Crippen LogP contribution in [0.3, 0.4) is 0 Å². The minimum absolute atomic E-state index is 0.0553. The molecule has 0 aromatic carbocycles. The van der Waals surface area contributed by atoms with Gasteiger partial charge in [0.25, 0.3) is 0 Å². The Hall–Kier alpha value is -0.610. The van der Waals surface area contributed by atoms with Gasteiger partial charge in [0.2, 0.25) is 5.91 Å². The van der Waals surface area contributed by atoms with Gasteiger partial charge in [0.15, 0.2) is 0 Å². The van der Waals surface area contributed by atoms with Gasteiger partial charge < -0.3 is 15.4 Å². The molecule has 2 atom stereocenters. The van der Waals surface area contributed by atoms with Crippen LogP contribution in [-0.4, -0.2) is 37.7 Å². The fourth-order valence-corrected chi connectivity index (χ4v) is 2.88. The number of carbonyl (C=O) groups excluding carboxylic acids is 1. The van der Waals surface area contributed by atoms with Gasteiger partial charge in [-0.15, -0.1) is 0 Å². The molecule has 2 aliphatic rings. The largest absolute Gasteiger partial charge is 0.367 e. The van der Waals surface area contributed by atoms with Crippen LogP contribution in [0.2, 0.25) is 0 Å². The Bertz CT molecular complexity index is 265. The number of piperidine rings is 1. The summed E-state index contributed by atoms with van der Waals surface area (Å²) in [6.45, 7) is 4.35. The molecule has 18 heavy (non-hydrogen) atoms. The van der Waals surface area contributed by atoms with Crippen molar-refractivity contribution in [3.05, 3.63) is 0 Å². The second-order valence-electron chi connectivity index (χ2n) is 5.72. The molecule has 1 saturated carbocycles. The maximum atomic E-state index is 11.8. The third-order valence-corrected chi connectivity index (χ3v) is 4.16. The van der Waals surface area contributed by atoms with Gasteiger partial charge in [0, 0.05) is 12.6 Å². The number of rotatable bonds is 4. The molecule has 1 heterocycles. The van der Waals surface area contributed by atoms with E-state index in [0.717, 1.165) is 32.4 Å². The van der Waals surface area contributed by atoms with E-state index in [0.29, 0.717) is 12.0 Å². The zero-order chi connectivity index (χ0) is 12.8. The van der Waals surface area contributed by atoms with Crippen molar-refractivity contribution in [1.82, 2.24) is 10.6 Å². The van der Waals surface area contributed by atoms with E-state index in [2.05, 4.69) is 17.6 Å². The first-order chi connectivity index (χ1) is 8.75. The van der Waals surface area contributed by atoms with Crippen molar-refractivity contribution in [2.45, 2.75) is 57.6 Å². The van der Waals surface area contributed by atoms with E-state index in [4.69, 9.17) is 4.74 Å². The first kappa shape index (κ1) is 13.8. The highest BCUT2D eigenvalue weighted by Crippen LogP contribution is 2.17. The molecule has 4 heteroatoms. The van der Waals surface area contributed by atoms with Crippen molar-refractivity contribution in [3.63, 3.8) is 0 Å². The predicted octanol–water partition coefficient (Wildman–Crippen LogP) is 1.45. The number of ether oxygens (including phenoxy) is 1. The van der Waals surface area contributed by atoms with Crippen molar-refractivity contribution in [3.8, 4) is 0 Å². The van der Waals surface area contributed by atoms with Crippen molar-refractivity contribution >= 4 is 5.91 Å². The lowest BCUT2D eigenvalue weighted by atomic mass is 9.95. The maximum absolute atomic E-state index is 11.8. The van der Waals surface area contributed by atoms with E-state index in [1.54, 1.807) is 0 Å². The molecule has 0 aromatic heterocycles. The Morgan fingerprint density at radius 2 is 2.06 bits per heavy atom. The highest BCUT2D eigenvalue weighted by molar-refractivity contribution is 5.77. The molecule has 1 aliphatic carbocycles. The van der Waals surface area contributed by atoms with Gasteiger partial charge >= 0.3 is 0 Å². The highest BCUT2D eigenvalue weighted by atomic mass is 16.5. The summed E-state index contributed by atoms with van der Waals surface area (Å²) in [6, 6.07) is 0.386. The van der Waals surface area contributed by atoms with Crippen LogP contribution in [0.5, 0.6) is 0 Å². The summed E-state index contributed by atoms with van der Waals surface area (Å²) in [6.07, 6.45) is 7.39. The van der Waals surface area contributed by atoms with Crippen molar-refractivity contribution in [2.24, 2.45) is 5.92 Å². The minimum atomic E-state index is 0.0553. The number of hydrogen-bond acceptors (Lipinski definition) is 3. The Kier molecular flexibility index (Phi) is 5.45. The zero-order valence-electron chi connectivity index (χ0n) is 11.4. The van der Waals surface area contributed by atoms with Gasteiger partial charge in [-0.2, -0.15) is 0 Å². The first-order valence-electron chi connectivity index (χ1n) is 7.37. The van der Waals surface area contributed by atoms with Gasteiger partial charge in [-0.05, 0) is 31.7 Å². The molecule has 2 fully saturated rings. The molecule has 2 rings (SSSR count). The molecule has 1 aliphatic heterocycles. The first-order valence-corrected chi connectivity index (χ1v) is 7.37. The summed E-state index contributed by atoms with van der Waals surface area (Å²) in [4.78, 5) is 11.8. The normalized spacial score (nSPS) is 30.1. The van der Waals surface area contributed by atoms with E-state index in [1.807, 2.05) is 0 Å². The van der Waals surface area contributed by atoms with Crippen LogP contribution in [0.1, 0.15) is 45.4 Å². The molecule has 0 radical (unpaired) electrons. The van der Waals surface area contributed by atoms with Crippen LogP contribution < -0.4 is 10.6 Å². The van der Waals surface area contributed by atoms with Crippen LogP contribution in [0.4, 0.5) is 0 Å². The van der Waals surface area contributed by atoms with Gasteiger partial charge in [0.1, 0.15) is 6.61 Å². The van der Waals surface area contributed by atoms with Crippen molar-refractivity contribution < 1.29 is 9.53 Å². The minimum Gasteiger partial charge on any atom is -0.367 e. The molecule has 0 bridgehead atoms. The van der Waals surface area contributed by atoms with Crippen LogP contribution in [0.15, 0.2) is 0 Å². The van der Waals surface area contributed by atoms with E-state index in [-0.39, 0.29) is 18.6 Å². The van der Waals surface area contributed by atoms with Gasteiger partial charge in [-0.1, -0.05) is 26.2 Å². The lowest BCUT2D eigenvalue weighted by Crippen LogP contribution is -2.44. The number of hydrogen-bond donors (Lipinski definition) is 2. The third kappa shape index (κ3) is 4.25. The average molecular weight is 254 g/mol. The fraction of sp³-hybridized carbons (Fsp3) is 0.929. The second-order valence-corrected chi connectivity index (χ2v) is 5.72. The SMILES string of the molecule is CC1CCNCC1OCC(=O)NC1CCCCC1. The zero-order valence-corrected chi connectivity index (χ0v) is 11.4. The molecule has 4 nitrogen and oxygen atoms in total. The summed E-state index contributed by atoms with van der Waals surface area (Å²) in [7, 11) is 0. The van der Waals surface area contributed by atoms with Crippen molar-refractivity contribution in [1.29, 1.82) is 0 Å². The molecule has 2 N–H and O–H groups in total. The number of nitrogens with one attached hydrogen (secondary N) is 2. The Morgan fingerprint density at radius 1 is 1.28 bits per heavy atom. The average Bonchev–Trinajstić information content (AvgIpc) is 2.39. The lowest BCUT2D eigenvalue weighted by Gasteiger charge is -2.29. The summed E-state index contributed by atoms with van der Waals surface area (Å²) in [5.74, 6) is 0.605. The molecule has 1 amide bonds. The Labute approximate surface area is 110 Å². The van der Waals surface area contributed by atoms with Crippen molar-refractivity contribution in [2.75, 3.05) is 19.7 Å². The molecule has 104 valence electrons. The van der Waals surface area contributed by atoms with Gasteiger partial charge in [-0.3, -0.25) is 4.79 Å². The maximum Gasteiger partial charge on any atom is 0.246 e. The topological polar surface area (TPSA) is 50.4 Å². The summed E-state index contributed by atoms with van der Waals surface area (Å²) in [5.41, 5.74) is 0. The lowest BCUT2D eigenvalue weighted by molar-refractivity contribution is -0.130. The molecule has 0 spiro atoms. The van der Waals surface area contributed by atoms with Crippen LogP contribution in [0.25, 0.3) is 0 Å². The molecular formula is C14H26N2O2. The van der Waals surface area contributed by atoms with Gasteiger partial charge in [0.05, 0.1) is 6.10 Å². The van der Waals surface area contributed by atoms with Gasteiger partial charge in [-0.25, -0.2) is 0 Å². The molecule has 0 aromatic rings. The second kappa shape index (κ2) is 7.10. The quantitative estimate of drug-likeness (QED) is 0.798. The summed E-state index contributed by atoms with van der Waals surface area (Å²) >= 11 is 0. The van der Waals surface area contributed by atoms with E-state index >= 15 is 0 Å². The smallest absolute Gasteiger partial charge is 0.246 e. The van der Waals surface area contributed by atoms with Crippen LogP contribution in [0, 0.1) is 5.92 Å². The van der Waals surface area contributed by atoms with Crippen LogP contribution in [-0.2, 0) is 9.53 Å². The van der Waals surface area contributed by atoms with E-state index in [1.165, 1.54) is 19.3 Å². The number of carbonyl (C=O) groups is 1. The molecule has 1 saturated heterocycles. The summed E-state index contributed by atoms with van der Waals surface area (Å²) in [5, 5.41) is 6.40.